The molecule has 5 atom stereocenters. The molecular weight excluding hydrogens is 705 g/mol. The molecule has 3 aliphatic rings. The number of H-pyrrole nitrogens is 2. The van der Waals surface area contributed by atoms with E-state index in [1.807, 2.05) is 42.4 Å². The highest BCUT2D eigenvalue weighted by Crippen LogP contribution is 2.50. The van der Waals surface area contributed by atoms with E-state index in [-0.39, 0.29) is 35.9 Å². The lowest BCUT2D eigenvalue weighted by Crippen LogP contribution is -2.44. The molecule has 1 saturated carbocycles. The fraction of sp³-hybridized carbons (Fsp3) is 0.386. The fourth-order valence-corrected chi connectivity index (χ4v) is 8.79. The normalized spacial score (nSPS) is 22.4. The first-order valence-electron chi connectivity index (χ1n) is 19.9. The zero-order valence-corrected chi connectivity index (χ0v) is 32.3. The molecule has 5 aromatic rings. The fourth-order valence-electron chi connectivity index (χ4n) is 8.79. The lowest BCUT2D eigenvalue weighted by molar-refractivity contribution is -0.144. The highest BCUT2D eigenvalue weighted by Gasteiger charge is 2.63. The van der Waals surface area contributed by atoms with Gasteiger partial charge in [-0.25, -0.2) is 14.8 Å². The van der Waals surface area contributed by atoms with Crippen LogP contribution in [0.15, 0.2) is 91.3 Å². The van der Waals surface area contributed by atoms with E-state index in [2.05, 4.69) is 94.4 Å². The number of aromatic nitrogens is 4. The number of rotatable bonds is 12. The summed E-state index contributed by atoms with van der Waals surface area (Å²) in [7, 11) is 0. The Labute approximate surface area is 327 Å². The number of carbonyl (C=O) groups is 3. The molecule has 56 heavy (non-hydrogen) atoms. The van der Waals surface area contributed by atoms with Crippen LogP contribution >= 0.6 is 0 Å². The van der Waals surface area contributed by atoms with Crippen LogP contribution in [0.25, 0.3) is 33.6 Å². The topological polar surface area (TPSA) is 154 Å². The molecule has 2 saturated heterocycles. The number of benzene rings is 3. The van der Waals surface area contributed by atoms with E-state index in [9.17, 15) is 14.4 Å². The van der Waals surface area contributed by atoms with Crippen molar-refractivity contribution in [3.05, 3.63) is 108 Å². The number of amides is 3. The Morgan fingerprint density at radius 1 is 0.786 bits per heavy atom. The third-order valence-electron chi connectivity index (χ3n) is 12.0. The van der Waals surface area contributed by atoms with E-state index in [0.717, 1.165) is 96.2 Å². The van der Waals surface area contributed by atoms with Gasteiger partial charge in [0.2, 0.25) is 5.91 Å². The number of aromatic amines is 2. The number of hydrogen-bond donors (Lipinski definition) is 3. The number of nitrogens with two attached hydrogens (primary N) is 1. The minimum atomic E-state index is -1.16. The Morgan fingerprint density at radius 3 is 1.75 bits per heavy atom. The molecule has 290 valence electrons. The summed E-state index contributed by atoms with van der Waals surface area (Å²) in [5, 5.41) is 0. The second kappa shape index (κ2) is 15.4. The number of ether oxygens (including phenoxy) is 1. The number of carbonyl (C=O) groups excluding carboxylic acids is 3. The van der Waals surface area contributed by atoms with Crippen LogP contribution < -0.4 is 5.73 Å². The van der Waals surface area contributed by atoms with Gasteiger partial charge in [-0.05, 0) is 66.6 Å². The highest BCUT2D eigenvalue weighted by molar-refractivity contribution is 5.91. The van der Waals surface area contributed by atoms with Crippen molar-refractivity contribution in [3.63, 3.8) is 0 Å². The van der Waals surface area contributed by atoms with Gasteiger partial charge in [-0.3, -0.25) is 14.5 Å². The first-order chi connectivity index (χ1) is 27.2. The first-order valence-corrected chi connectivity index (χ1v) is 19.9. The van der Waals surface area contributed by atoms with Gasteiger partial charge in [0.1, 0.15) is 17.7 Å². The number of hydrogen-bond acceptors (Lipinski definition) is 7. The quantitative estimate of drug-likeness (QED) is 0.120. The number of nitrogens with one attached hydrogen (secondary N) is 2. The van der Waals surface area contributed by atoms with Crippen molar-refractivity contribution in [2.75, 3.05) is 26.2 Å². The number of primary amides is 1. The van der Waals surface area contributed by atoms with E-state index >= 15 is 0 Å². The lowest BCUT2D eigenvalue weighted by Gasteiger charge is -2.34. The maximum Gasteiger partial charge on any atom is 0.405 e. The zero-order valence-electron chi connectivity index (χ0n) is 32.3. The van der Waals surface area contributed by atoms with Crippen LogP contribution in [0.4, 0.5) is 4.79 Å². The molecule has 12 nitrogen and oxygen atoms in total. The van der Waals surface area contributed by atoms with E-state index in [1.54, 1.807) is 4.90 Å². The number of likely N-dealkylation sites (tertiary alicyclic amines) is 2. The molecule has 3 aromatic carbocycles. The molecule has 2 unspecified atom stereocenters. The van der Waals surface area contributed by atoms with Crippen LogP contribution in [0, 0.1) is 5.92 Å². The summed E-state index contributed by atoms with van der Waals surface area (Å²) in [6, 6.07) is 26.2. The minimum Gasteiger partial charge on any atom is -0.433 e. The van der Waals surface area contributed by atoms with Crippen molar-refractivity contribution in [3.8, 4) is 33.6 Å². The van der Waals surface area contributed by atoms with E-state index in [0.29, 0.717) is 13.0 Å². The summed E-state index contributed by atoms with van der Waals surface area (Å²) in [6.07, 6.45) is 6.68. The van der Waals surface area contributed by atoms with Crippen molar-refractivity contribution in [1.29, 1.82) is 0 Å². The molecule has 2 aromatic heterocycles. The summed E-state index contributed by atoms with van der Waals surface area (Å²) in [6.45, 7) is 9.00. The molecule has 3 amide bonds. The van der Waals surface area contributed by atoms with Gasteiger partial charge in [-0.15, -0.1) is 0 Å². The predicted octanol–water partition coefficient (Wildman–Crippen LogP) is 7.42. The van der Waals surface area contributed by atoms with Gasteiger partial charge in [-0.1, -0.05) is 99.6 Å². The van der Waals surface area contributed by atoms with Crippen molar-refractivity contribution in [1.82, 2.24) is 34.6 Å². The highest BCUT2D eigenvalue weighted by atomic mass is 16.6. The Balaban J connectivity index is 0.932. The Bertz CT molecular complexity index is 2180. The number of likely N-dealkylation sites (N-methyl/N-ethyl adjacent to an activating group) is 1. The summed E-state index contributed by atoms with van der Waals surface area (Å²) in [5.74, 6) is 1.42. The van der Waals surface area contributed by atoms with Gasteiger partial charge in [-0.2, -0.15) is 0 Å². The molecule has 0 spiro atoms. The lowest BCUT2D eigenvalue weighted by atomic mass is 10.0. The third-order valence-corrected chi connectivity index (χ3v) is 12.0. The van der Waals surface area contributed by atoms with Gasteiger partial charge in [0.25, 0.3) is 5.91 Å². The largest absolute Gasteiger partial charge is 0.433 e. The standard InChI is InChI=1S/C44H50N8O4/c1-4-50(5-2)38(33-11-7-6-8-12-33)41(53)51-23-9-13-36(51)39-46-26-34(48-39)31-19-15-29(16-20-31)30-17-21-32(22-18-30)35-27-47-40(49-35)37-14-10-24-52(37)42(54)44(25-28(44)3)56-43(45)55/h6-8,11-12,15-22,26-28,36-38H,4-5,9-10,13-14,23-25H2,1-3H3,(H2,45,55)(H,46,48)(H,47,49)/t28?,36-,37-,38+,44?/m0/s1. The molecule has 3 fully saturated rings. The molecule has 8 rings (SSSR count). The van der Waals surface area contributed by atoms with Crippen LogP contribution in [0.2, 0.25) is 0 Å². The Kier molecular flexibility index (Phi) is 10.2. The first kappa shape index (κ1) is 37.2. The summed E-state index contributed by atoms with van der Waals surface area (Å²) in [4.78, 5) is 61.8. The molecular formula is C44H50N8O4. The summed E-state index contributed by atoms with van der Waals surface area (Å²) in [5.41, 5.74) is 11.1. The van der Waals surface area contributed by atoms with Crippen molar-refractivity contribution in [2.45, 2.75) is 76.6 Å². The Morgan fingerprint density at radius 2 is 1.27 bits per heavy atom. The SMILES string of the molecule is CCN(CC)[C@@H](C(=O)N1CCC[C@H]1c1ncc(-c2ccc(-c3ccc(-c4cnc([C@@H]5CCCN5C(=O)C5(OC(N)=O)CC5C)[nH]4)cc3)cc2)[nH]1)c1ccccc1. The third kappa shape index (κ3) is 6.98. The molecule has 0 bridgehead atoms. The molecule has 0 radical (unpaired) electrons. The van der Waals surface area contributed by atoms with Crippen molar-refractivity contribution < 1.29 is 19.1 Å². The molecule has 2 aliphatic heterocycles. The van der Waals surface area contributed by atoms with Gasteiger partial charge in [0.15, 0.2) is 5.60 Å². The van der Waals surface area contributed by atoms with Crippen LogP contribution in [0.3, 0.4) is 0 Å². The average molecular weight is 755 g/mol. The number of imidazole rings is 2. The summed E-state index contributed by atoms with van der Waals surface area (Å²) >= 11 is 0. The Hall–Kier alpha value is -5.75. The second-order valence-electron chi connectivity index (χ2n) is 15.3. The molecule has 1 aliphatic carbocycles. The van der Waals surface area contributed by atoms with Gasteiger partial charge >= 0.3 is 6.09 Å². The van der Waals surface area contributed by atoms with E-state index < -0.39 is 11.7 Å². The minimum absolute atomic E-state index is 0.0630. The zero-order chi connectivity index (χ0) is 39.0. The van der Waals surface area contributed by atoms with Crippen LogP contribution in [-0.2, 0) is 14.3 Å². The predicted molar refractivity (Wildman–Crippen MR) is 214 cm³/mol. The maximum absolute atomic E-state index is 14.2. The smallest absolute Gasteiger partial charge is 0.405 e. The molecule has 12 heteroatoms. The average Bonchev–Trinajstić information content (AvgIpc) is 3.91. The molecule has 4 N–H and O–H groups in total. The van der Waals surface area contributed by atoms with Crippen LogP contribution in [0.5, 0.6) is 0 Å². The van der Waals surface area contributed by atoms with E-state index in [1.165, 1.54) is 0 Å². The molecule has 4 heterocycles. The van der Waals surface area contributed by atoms with Gasteiger partial charge < -0.3 is 30.2 Å². The van der Waals surface area contributed by atoms with Gasteiger partial charge in [0.05, 0.1) is 35.9 Å². The number of nitrogens with zero attached hydrogens (tertiary/aromatic N) is 5. The van der Waals surface area contributed by atoms with Crippen molar-refractivity contribution >= 4 is 17.9 Å². The van der Waals surface area contributed by atoms with E-state index in [4.69, 9.17) is 15.5 Å². The second-order valence-corrected chi connectivity index (χ2v) is 15.3. The van der Waals surface area contributed by atoms with Crippen molar-refractivity contribution in [2.24, 2.45) is 11.7 Å². The van der Waals surface area contributed by atoms with Gasteiger partial charge in [0, 0.05) is 25.4 Å². The van der Waals surface area contributed by atoms with Crippen LogP contribution in [-0.4, -0.2) is 84.3 Å². The van der Waals surface area contributed by atoms with Crippen LogP contribution in [0.1, 0.15) is 88.2 Å². The summed E-state index contributed by atoms with van der Waals surface area (Å²) < 4.78 is 5.33. The monoisotopic (exact) mass is 754 g/mol. The maximum atomic E-state index is 14.2.